The minimum Gasteiger partial charge on any atom is -0.492 e. The summed E-state index contributed by atoms with van der Waals surface area (Å²) in [6.07, 6.45) is 2.34. The number of aromatic amines is 1. The van der Waals surface area contributed by atoms with Crippen molar-refractivity contribution in [3.8, 4) is 5.75 Å². The van der Waals surface area contributed by atoms with Crippen LogP contribution in [0.1, 0.15) is 18.9 Å². The van der Waals surface area contributed by atoms with Crippen LogP contribution in [0.2, 0.25) is 10.0 Å². The van der Waals surface area contributed by atoms with E-state index in [4.69, 9.17) is 27.9 Å². The fourth-order valence-electron chi connectivity index (χ4n) is 1.58. The first-order valence-corrected chi connectivity index (χ1v) is 6.66. The Kier molecular flexibility index (Phi) is 4.87. The Balaban J connectivity index is 2.16. The largest absolute Gasteiger partial charge is 0.492 e. The lowest BCUT2D eigenvalue weighted by Crippen LogP contribution is -2.05. The van der Waals surface area contributed by atoms with Crippen molar-refractivity contribution in [2.45, 2.75) is 19.9 Å². The van der Waals surface area contributed by atoms with Crippen molar-refractivity contribution in [3.63, 3.8) is 0 Å². The monoisotopic (exact) mass is 300 g/mol. The summed E-state index contributed by atoms with van der Waals surface area (Å²) in [6, 6.07) is 3.49. The maximum Gasteiger partial charge on any atom is 0.218 e. The molecule has 0 aliphatic heterocycles. The van der Waals surface area contributed by atoms with E-state index in [1.165, 1.54) is 6.33 Å². The van der Waals surface area contributed by atoms with Crippen LogP contribution in [0.5, 0.6) is 5.75 Å². The molecule has 1 aromatic carbocycles. The van der Waals surface area contributed by atoms with Gasteiger partial charge in [-0.3, -0.25) is 0 Å². The summed E-state index contributed by atoms with van der Waals surface area (Å²) >= 11 is 12.2. The number of benzene rings is 1. The van der Waals surface area contributed by atoms with E-state index in [-0.39, 0.29) is 0 Å². The number of hydrogen-bond donors (Lipinski definition) is 2. The lowest BCUT2D eigenvalue weighted by Gasteiger charge is -2.13. The molecular weight excluding hydrogens is 287 g/mol. The molecule has 0 radical (unpaired) electrons. The van der Waals surface area contributed by atoms with E-state index in [0.29, 0.717) is 34.9 Å². The van der Waals surface area contributed by atoms with Crippen LogP contribution in [0, 0.1) is 0 Å². The molecule has 0 saturated carbocycles. The fraction of sp³-hybridized carbons (Fsp3) is 0.333. The van der Waals surface area contributed by atoms with Crippen molar-refractivity contribution in [2.24, 2.45) is 0 Å². The van der Waals surface area contributed by atoms with Crippen molar-refractivity contribution in [1.29, 1.82) is 0 Å². The van der Waals surface area contributed by atoms with Crippen molar-refractivity contribution < 1.29 is 4.74 Å². The quantitative estimate of drug-likeness (QED) is 0.857. The SMILES string of the molecule is CCCOc1c(Cl)cc(Cl)cc1CNc1ncn[nH]1. The molecule has 0 saturated heterocycles. The second-order valence-electron chi connectivity index (χ2n) is 3.91. The summed E-state index contributed by atoms with van der Waals surface area (Å²) in [7, 11) is 0. The minimum absolute atomic E-state index is 0.495. The van der Waals surface area contributed by atoms with Gasteiger partial charge in [0.15, 0.2) is 0 Å². The van der Waals surface area contributed by atoms with Crippen LogP contribution in [-0.4, -0.2) is 21.8 Å². The molecule has 2 N–H and O–H groups in total. The molecule has 1 heterocycles. The first-order chi connectivity index (χ1) is 9.20. The molecule has 2 aromatic rings. The standard InChI is InChI=1S/C12H14Cl2N4O/c1-2-3-19-11-8(4-9(13)5-10(11)14)6-15-12-16-7-17-18-12/h4-5,7H,2-3,6H2,1H3,(H2,15,16,17,18). The Labute approximate surface area is 121 Å². The predicted octanol–water partition coefficient (Wildman–Crippen LogP) is 3.51. The normalized spacial score (nSPS) is 10.5. The number of anilines is 1. The zero-order chi connectivity index (χ0) is 13.7. The summed E-state index contributed by atoms with van der Waals surface area (Å²) in [5.41, 5.74) is 0.877. The Morgan fingerprint density at radius 2 is 2.21 bits per heavy atom. The average molecular weight is 301 g/mol. The molecule has 0 unspecified atom stereocenters. The summed E-state index contributed by atoms with van der Waals surface area (Å²) in [4.78, 5) is 3.98. The van der Waals surface area contributed by atoms with E-state index in [2.05, 4.69) is 20.5 Å². The molecule has 0 aliphatic carbocycles. The van der Waals surface area contributed by atoms with Gasteiger partial charge in [0.05, 0.1) is 11.6 Å². The van der Waals surface area contributed by atoms with Crippen LogP contribution < -0.4 is 10.1 Å². The van der Waals surface area contributed by atoms with Gasteiger partial charge in [-0.2, -0.15) is 5.10 Å². The second-order valence-corrected chi connectivity index (χ2v) is 4.76. The van der Waals surface area contributed by atoms with Crippen LogP contribution >= 0.6 is 23.2 Å². The Morgan fingerprint density at radius 1 is 1.37 bits per heavy atom. The molecule has 2 rings (SSSR count). The second kappa shape index (κ2) is 6.63. The molecule has 0 spiro atoms. The summed E-state index contributed by atoms with van der Waals surface area (Å²) in [5, 5.41) is 10.6. The van der Waals surface area contributed by atoms with E-state index >= 15 is 0 Å². The molecule has 102 valence electrons. The van der Waals surface area contributed by atoms with Crippen LogP contribution in [0.4, 0.5) is 5.95 Å². The van der Waals surface area contributed by atoms with Crippen molar-refractivity contribution in [3.05, 3.63) is 34.1 Å². The van der Waals surface area contributed by atoms with Gasteiger partial charge >= 0.3 is 0 Å². The fourth-order valence-corrected chi connectivity index (χ4v) is 2.17. The van der Waals surface area contributed by atoms with Crippen molar-refractivity contribution >= 4 is 29.2 Å². The first-order valence-electron chi connectivity index (χ1n) is 5.90. The molecule has 0 aliphatic rings. The molecule has 0 amide bonds. The third-order valence-corrected chi connectivity index (χ3v) is 2.90. The Hall–Kier alpha value is -1.46. The van der Waals surface area contributed by atoms with Crippen molar-refractivity contribution in [1.82, 2.24) is 15.2 Å². The molecule has 0 fully saturated rings. The molecule has 0 bridgehead atoms. The number of aromatic nitrogens is 3. The van der Waals surface area contributed by atoms with E-state index in [1.54, 1.807) is 6.07 Å². The highest BCUT2D eigenvalue weighted by Crippen LogP contribution is 2.32. The van der Waals surface area contributed by atoms with Gasteiger partial charge in [0, 0.05) is 17.1 Å². The maximum atomic E-state index is 6.16. The highest BCUT2D eigenvalue weighted by molar-refractivity contribution is 6.35. The molecule has 19 heavy (non-hydrogen) atoms. The maximum absolute atomic E-state index is 6.16. The number of hydrogen-bond acceptors (Lipinski definition) is 4. The highest BCUT2D eigenvalue weighted by Gasteiger charge is 2.11. The number of halogens is 2. The van der Waals surface area contributed by atoms with Gasteiger partial charge in [-0.1, -0.05) is 30.1 Å². The van der Waals surface area contributed by atoms with Gasteiger partial charge in [0.2, 0.25) is 5.95 Å². The zero-order valence-electron chi connectivity index (χ0n) is 10.4. The number of H-pyrrole nitrogens is 1. The Morgan fingerprint density at radius 3 is 2.89 bits per heavy atom. The lowest BCUT2D eigenvalue weighted by atomic mass is 10.2. The van der Waals surface area contributed by atoms with Gasteiger partial charge in [0.25, 0.3) is 0 Å². The van der Waals surface area contributed by atoms with Gasteiger partial charge in [-0.25, -0.2) is 10.1 Å². The highest BCUT2D eigenvalue weighted by atomic mass is 35.5. The van der Waals surface area contributed by atoms with E-state index in [0.717, 1.165) is 12.0 Å². The van der Waals surface area contributed by atoms with Gasteiger partial charge in [0.1, 0.15) is 12.1 Å². The summed E-state index contributed by atoms with van der Waals surface area (Å²) in [5.74, 6) is 1.23. The Bertz CT molecular complexity index is 531. The zero-order valence-corrected chi connectivity index (χ0v) is 11.9. The summed E-state index contributed by atoms with van der Waals surface area (Å²) < 4.78 is 5.67. The van der Waals surface area contributed by atoms with Crippen LogP contribution in [-0.2, 0) is 6.54 Å². The number of ether oxygens (including phenoxy) is 1. The molecule has 5 nitrogen and oxygen atoms in total. The lowest BCUT2D eigenvalue weighted by molar-refractivity contribution is 0.314. The van der Waals surface area contributed by atoms with Crippen molar-refractivity contribution in [2.75, 3.05) is 11.9 Å². The number of rotatable bonds is 6. The minimum atomic E-state index is 0.495. The van der Waals surface area contributed by atoms with Crippen LogP contribution in [0.15, 0.2) is 18.5 Å². The third-order valence-electron chi connectivity index (χ3n) is 2.40. The van der Waals surface area contributed by atoms with E-state index < -0.39 is 0 Å². The van der Waals surface area contributed by atoms with E-state index in [9.17, 15) is 0 Å². The number of nitrogens with one attached hydrogen (secondary N) is 2. The van der Waals surface area contributed by atoms with E-state index in [1.807, 2.05) is 13.0 Å². The average Bonchev–Trinajstić information content (AvgIpc) is 2.88. The molecule has 0 atom stereocenters. The van der Waals surface area contributed by atoms with Gasteiger partial charge in [-0.15, -0.1) is 0 Å². The predicted molar refractivity (Wildman–Crippen MR) is 76.0 cm³/mol. The third kappa shape index (κ3) is 3.75. The van der Waals surface area contributed by atoms with Gasteiger partial charge in [-0.05, 0) is 18.6 Å². The molecule has 7 heteroatoms. The summed E-state index contributed by atoms with van der Waals surface area (Å²) in [6.45, 7) is 3.14. The number of nitrogens with zero attached hydrogens (tertiary/aromatic N) is 2. The van der Waals surface area contributed by atoms with Gasteiger partial charge < -0.3 is 10.1 Å². The van der Waals surface area contributed by atoms with Crippen LogP contribution in [0.3, 0.4) is 0 Å². The van der Waals surface area contributed by atoms with Crippen LogP contribution in [0.25, 0.3) is 0 Å². The topological polar surface area (TPSA) is 62.8 Å². The molecule has 1 aromatic heterocycles. The first kappa shape index (κ1) is 14.0. The molecular formula is C12H14Cl2N4O. The smallest absolute Gasteiger partial charge is 0.218 e.